The van der Waals surface area contributed by atoms with Gasteiger partial charge in [0.05, 0.1) is 0 Å². The Labute approximate surface area is 392 Å². The van der Waals surface area contributed by atoms with Crippen molar-refractivity contribution in [3.8, 4) is 0 Å². The van der Waals surface area contributed by atoms with Crippen molar-refractivity contribution in [3.05, 3.63) is 5.56 Å². The van der Waals surface area contributed by atoms with Gasteiger partial charge in [-0.15, -0.1) is 0 Å². The van der Waals surface area contributed by atoms with Crippen LogP contribution in [0.1, 0.15) is 5.56 Å². The second-order valence-electron chi connectivity index (χ2n) is 7.91. The minimum absolute atomic E-state index is 0.266. The first kappa shape index (κ1) is 30.8. The zero-order valence-corrected chi connectivity index (χ0v) is 84.4. The number of rotatable bonds is 1. The van der Waals surface area contributed by atoms with Crippen LogP contribution < -0.4 is 4.83 Å². The van der Waals surface area contributed by atoms with E-state index in [2.05, 4.69) is 6.92 Å². The first-order valence-corrected chi connectivity index (χ1v) is 43.7. The van der Waals surface area contributed by atoms with Crippen molar-refractivity contribution in [2.45, 2.75) is 11.8 Å². The van der Waals surface area contributed by atoms with Crippen molar-refractivity contribution in [2.75, 3.05) is 6.26 Å². The molecule has 26 heavy (non-hydrogen) atoms. The van der Waals surface area contributed by atoms with Gasteiger partial charge in [0.2, 0.25) is 0 Å². The standard InChI is InChI=1S/C16H6OS.8Ra.8H/c1-11-3-4-12-9-15-10-16(18(2)17)6-5-13(15)8-14(12)7-11;;;;;;;;;;;;;;;;/h1-2H3;;;;;;;;;;;;;;;;. The van der Waals surface area contributed by atoms with Crippen LogP contribution in [0.5, 0.6) is 0 Å². The van der Waals surface area contributed by atoms with Crippen LogP contribution in [0.4, 0.5) is 0 Å². The zero-order valence-electron chi connectivity index (χ0n) is 17.8. The summed E-state index contributed by atoms with van der Waals surface area (Å²) in [4.78, 5) is 1.38. The number of benzene rings is 3. The van der Waals surface area contributed by atoms with E-state index < -0.39 is 11.2 Å². The molecular formula is C16H14ORa8S. The molecule has 3 aromatic rings. The summed E-state index contributed by atoms with van der Waals surface area (Å²) >= 11 is 2.24. The molecule has 3 aromatic carbocycles. The quantitative estimate of drug-likeness (QED) is 0.178. The van der Waals surface area contributed by atoms with Gasteiger partial charge in [-0.25, -0.2) is 0 Å². The van der Waals surface area contributed by atoms with E-state index in [9.17, 15) is 4.55 Å². The minimum atomic E-state index is -0.752. The topological polar surface area (TPSA) is 23.1 Å². The fourth-order valence-electron chi connectivity index (χ4n) is 5.00. The molecule has 0 saturated carbocycles. The van der Waals surface area contributed by atoms with Crippen molar-refractivity contribution < 1.29 is 347 Å². The van der Waals surface area contributed by atoms with Crippen molar-refractivity contribution in [1.29, 1.82) is 0 Å². The van der Waals surface area contributed by atoms with Crippen LogP contribution in [0.15, 0.2) is 4.90 Å². The molecule has 0 spiro atoms. The van der Waals surface area contributed by atoms with E-state index in [-0.39, 0.29) is 42.8 Å². The van der Waals surface area contributed by atoms with Gasteiger partial charge in [0, 0.05) is 0 Å². The molecule has 3 rings (SSSR count). The summed E-state index contributed by atoms with van der Waals surface area (Å²) in [6.45, 7) is 2.47. The molecule has 10 heteroatoms. The Kier molecular flexibility index (Phi) is 16.0. The van der Waals surface area contributed by atoms with Crippen LogP contribution in [0.3, 0.4) is 0 Å². The van der Waals surface area contributed by atoms with Gasteiger partial charge in [-0.1, -0.05) is 0 Å². The van der Waals surface area contributed by atoms with E-state index >= 15 is 0 Å². The Bertz CT molecular complexity index is 1110. The molecule has 0 radical (unpaired) electrons. The second-order valence-corrected chi connectivity index (χ2v) is 42.1. The first-order valence-electron chi connectivity index (χ1n) is 9.28. The third kappa shape index (κ3) is 6.18. The number of hydrogen-bond acceptors (Lipinski definition) is 1. The van der Waals surface area contributed by atoms with Crippen LogP contribution in [0.2, 0.25) is 0 Å². The maximum atomic E-state index is 12.6. The molecule has 0 aromatic heterocycles. The maximum absolute atomic E-state index is 12.6. The average Bonchev–Trinajstić information content (AvgIpc) is 2.57. The third-order valence-corrected chi connectivity index (χ3v) is 83.7. The van der Waals surface area contributed by atoms with Gasteiger partial charge in [0.1, 0.15) is 0 Å². The van der Waals surface area contributed by atoms with Gasteiger partial charge in [-0.2, -0.15) is 0 Å². The molecular weight excluding hydrogens is 2050 g/mol. The number of hydrogen-bond donors (Lipinski definition) is 0. The Hall–Kier alpha value is 10.2. The van der Waals surface area contributed by atoms with E-state index in [0.29, 0.717) is 300 Å². The summed E-state index contributed by atoms with van der Waals surface area (Å²) in [6.07, 6.45) is 1.96. The average molecular weight is 2060 g/mol. The Morgan fingerprint density at radius 3 is 1.38 bits per heavy atom. The van der Waals surface area contributed by atoms with Crippen molar-refractivity contribution >= 4 is 37.6 Å². The summed E-state index contributed by atoms with van der Waals surface area (Å²) in [6, 6.07) is 0. The Morgan fingerprint density at radius 1 is 0.538 bits per heavy atom. The summed E-state index contributed by atoms with van der Waals surface area (Å²) < 4.78 is 27.1. The van der Waals surface area contributed by atoms with Gasteiger partial charge in [0.15, 0.2) is 0 Å². The SMILES string of the molecule is Cc1[c]([RaH])[c]([RaH])c2[c]([RaH])c3[c]([RaH])c([S+](C)[O-])[c]([RaH])[c]([RaH])c3[c]([RaH])c2[c]1[RaH]. The van der Waals surface area contributed by atoms with E-state index in [0.717, 1.165) is 0 Å². The van der Waals surface area contributed by atoms with E-state index in [1.807, 2.05) is 25.4 Å². The van der Waals surface area contributed by atoms with Gasteiger partial charge in [-0.05, 0) is 0 Å². The second kappa shape index (κ2) is 13.5. The van der Waals surface area contributed by atoms with Crippen LogP contribution in [-0.2, 0) is 11.2 Å². The van der Waals surface area contributed by atoms with E-state index in [4.69, 9.17) is 0 Å². The fourth-order valence-corrected chi connectivity index (χ4v) is 96.0. The van der Waals surface area contributed by atoms with E-state index in [1.165, 1.54) is 4.90 Å². The van der Waals surface area contributed by atoms with Crippen molar-refractivity contribution in [3.63, 3.8) is 0 Å². The molecule has 106 valence electrons. The summed E-state index contributed by atoms with van der Waals surface area (Å²) in [5.41, 5.74) is 1.77. The molecule has 0 aliphatic heterocycles. The number of fused-ring (bicyclic) bond motifs is 2. The van der Waals surface area contributed by atoms with Crippen molar-refractivity contribution in [2.24, 2.45) is 0 Å². The van der Waals surface area contributed by atoms with Gasteiger partial charge < -0.3 is 0 Å². The van der Waals surface area contributed by atoms with Gasteiger partial charge in [0.25, 0.3) is 0 Å². The van der Waals surface area contributed by atoms with Crippen LogP contribution in [-0.4, -0.2) is 10.8 Å². The molecule has 0 fully saturated rings. The molecule has 0 N–H and O–H groups in total. The van der Waals surface area contributed by atoms with Crippen molar-refractivity contribution in [1.82, 2.24) is 0 Å². The monoisotopic (exact) mass is 2060 g/mol. The molecule has 1 atom stereocenters. The zero-order chi connectivity index (χ0) is 19.7. The summed E-state index contributed by atoms with van der Waals surface area (Å²) in [5.74, 6) is 0. The van der Waals surface area contributed by atoms with Crippen LogP contribution >= 0.6 is 0 Å². The molecule has 0 bridgehead atoms. The predicted octanol–water partition coefficient (Wildman–Crippen LogP) is -4.71. The van der Waals surface area contributed by atoms with Crippen LogP contribution in [0.25, 0.3) is 21.5 Å². The molecule has 1 nitrogen and oxygen atoms in total. The van der Waals surface area contributed by atoms with Crippen LogP contribution in [0, 0.1) is 349 Å². The molecule has 0 saturated heterocycles. The summed E-state index contributed by atoms with van der Waals surface area (Å²) in [7, 11) is 0. The molecule has 1 unspecified atom stereocenters. The summed E-state index contributed by atoms with van der Waals surface area (Å²) in [5, 5.41) is 7.24. The normalized spacial score (nSPS) is 12.4. The van der Waals surface area contributed by atoms with Gasteiger partial charge >= 0.3 is 408 Å². The third-order valence-electron chi connectivity index (χ3n) is 6.72. The molecule has 0 aliphatic carbocycles. The van der Waals surface area contributed by atoms with E-state index in [1.54, 1.807) is 12.8 Å². The fraction of sp³-hybridized carbons (Fsp3) is 0.125. The molecule has 0 aliphatic rings. The first-order chi connectivity index (χ1) is 12.0. The Morgan fingerprint density at radius 2 is 0.923 bits per heavy atom. The Balaban J connectivity index is 2.78. The van der Waals surface area contributed by atoms with Gasteiger partial charge in [-0.3, -0.25) is 0 Å². The molecule has 0 heterocycles. The predicted molar refractivity (Wildman–Crippen MR) is 86.8 cm³/mol. The molecule has 0 amide bonds.